The van der Waals surface area contributed by atoms with Crippen LogP contribution in [0.5, 0.6) is 11.5 Å². The van der Waals surface area contributed by atoms with E-state index in [9.17, 15) is 17.6 Å². The summed E-state index contributed by atoms with van der Waals surface area (Å²) in [6.07, 6.45) is -4.52. The molecule has 0 aliphatic heterocycles. The van der Waals surface area contributed by atoms with Crippen LogP contribution >= 0.6 is 0 Å². The molecule has 0 aromatic heterocycles. The molecule has 0 spiro atoms. The normalized spacial score (nSPS) is 10.7. The van der Waals surface area contributed by atoms with Crippen molar-refractivity contribution in [2.45, 2.75) is 19.3 Å². The molecule has 25 heavy (non-hydrogen) atoms. The zero-order valence-electron chi connectivity index (χ0n) is 13.9. The summed E-state index contributed by atoms with van der Waals surface area (Å²) < 4.78 is 58.9. The molecule has 0 radical (unpaired) electrons. The van der Waals surface area contributed by atoms with Crippen molar-refractivity contribution in [2.24, 2.45) is 11.5 Å². The monoisotopic (exact) mass is 360 g/mol. The zero-order chi connectivity index (χ0) is 19.0. The number of rotatable bonds is 4. The molecular formula is C17H20F4N2O2. The van der Waals surface area contributed by atoms with E-state index < -0.39 is 17.6 Å². The van der Waals surface area contributed by atoms with Gasteiger partial charge in [-0.25, -0.2) is 4.39 Å². The molecule has 0 atom stereocenters. The van der Waals surface area contributed by atoms with Crippen LogP contribution in [0.3, 0.4) is 0 Å². The number of nitrogens with two attached hydrogens (primary N) is 2. The summed E-state index contributed by atoms with van der Waals surface area (Å²) in [4.78, 5) is 0. The summed E-state index contributed by atoms with van der Waals surface area (Å²) in [7, 11) is 3.24. The minimum atomic E-state index is -4.52. The van der Waals surface area contributed by atoms with Gasteiger partial charge < -0.3 is 20.9 Å². The van der Waals surface area contributed by atoms with Gasteiger partial charge in [0.25, 0.3) is 0 Å². The average Bonchev–Trinajstić information content (AvgIpc) is 2.60. The Morgan fingerprint density at radius 2 is 1.28 bits per heavy atom. The van der Waals surface area contributed by atoms with Crippen LogP contribution in [0, 0.1) is 5.82 Å². The van der Waals surface area contributed by atoms with Gasteiger partial charge in [0.15, 0.2) is 0 Å². The van der Waals surface area contributed by atoms with Crippen molar-refractivity contribution < 1.29 is 27.0 Å². The number of alkyl halides is 3. The third kappa shape index (κ3) is 6.60. The van der Waals surface area contributed by atoms with Crippen molar-refractivity contribution in [1.82, 2.24) is 0 Å². The van der Waals surface area contributed by atoms with Crippen LogP contribution < -0.4 is 20.9 Å². The maximum atomic E-state index is 12.6. The molecule has 0 aliphatic carbocycles. The quantitative estimate of drug-likeness (QED) is 0.819. The Hall–Kier alpha value is -2.32. The minimum absolute atomic E-state index is 0.110. The smallest absolute Gasteiger partial charge is 0.416 e. The molecule has 0 aliphatic rings. The predicted molar refractivity (Wildman–Crippen MR) is 86.7 cm³/mol. The highest BCUT2D eigenvalue weighted by molar-refractivity contribution is 5.38. The molecule has 4 N–H and O–H groups in total. The number of hydrogen-bond acceptors (Lipinski definition) is 4. The fourth-order valence-corrected chi connectivity index (χ4v) is 1.92. The number of ether oxygens (including phenoxy) is 2. The molecule has 2 aromatic rings. The Morgan fingerprint density at radius 1 is 0.800 bits per heavy atom. The van der Waals surface area contributed by atoms with E-state index in [0.717, 1.165) is 29.2 Å². The molecule has 0 heterocycles. The Balaban J connectivity index is 0.000000251. The van der Waals surface area contributed by atoms with Crippen molar-refractivity contribution in [3.05, 3.63) is 58.9 Å². The summed E-state index contributed by atoms with van der Waals surface area (Å²) >= 11 is 0. The molecule has 2 aromatic carbocycles. The Labute approximate surface area is 143 Å². The second kappa shape index (κ2) is 9.24. The summed E-state index contributed by atoms with van der Waals surface area (Å²) in [5.41, 5.74) is 10.7. The fourth-order valence-electron chi connectivity index (χ4n) is 1.92. The summed E-state index contributed by atoms with van der Waals surface area (Å²) in [5, 5.41) is 0. The summed E-state index contributed by atoms with van der Waals surface area (Å²) in [6.45, 7) is 0.383. The fraction of sp³-hybridized carbons (Fsp3) is 0.294. The first kappa shape index (κ1) is 20.7. The highest BCUT2D eigenvalue weighted by atomic mass is 19.4. The topological polar surface area (TPSA) is 70.5 Å². The lowest BCUT2D eigenvalue weighted by Gasteiger charge is -2.07. The van der Waals surface area contributed by atoms with Gasteiger partial charge in [0.1, 0.15) is 17.3 Å². The minimum Gasteiger partial charge on any atom is -0.497 e. The summed E-state index contributed by atoms with van der Waals surface area (Å²) in [6, 6.07) is 7.86. The number of methoxy groups -OCH3 is 2. The molecule has 0 fully saturated rings. The van der Waals surface area contributed by atoms with Crippen LogP contribution in [-0.2, 0) is 19.3 Å². The zero-order valence-corrected chi connectivity index (χ0v) is 13.9. The van der Waals surface area contributed by atoms with Gasteiger partial charge in [-0.2, -0.15) is 13.2 Å². The molecule has 0 saturated heterocycles. The van der Waals surface area contributed by atoms with Gasteiger partial charge in [0, 0.05) is 19.2 Å². The number of hydrogen-bond donors (Lipinski definition) is 2. The van der Waals surface area contributed by atoms with Crippen molar-refractivity contribution in [1.29, 1.82) is 0 Å². The molecule has 0 bridgehead atoms. The van der Waals surface area contributed by atoms with Crippen LogP contribution in [-0.4, -0.2) is 14.2 Å². The first-order valence-electron chi connectivity index (χ1n) is 7.22. The lowest BCUT2D eigenvalue weighted by atomic mass is 10.1. The first-order valence-corrected chi connectivity index (χ1v) is 7.22. The third-order valence-electron chi connectivity index (χ3n) is 3.17. The summed E-state index contributed by atoms with van der Waals surface area (Å²) in [5.74, 6) is 0.625. The van der Waals surface area contributed by atoms with E-state index in [-0.39, 0.29) is 12.1 Å². The van der Waals surface area contributed by atoms with E-state index in [2.05, 4.69) is 0 Å². The Kier molecular flexibility index (Phi) is 7.66. The van der Waals surface area contributed by atoms with E-state index in [1.165, 1.54) is 0 Å². The predicted octanol–water partition coefficient (Wildman–Crippen LogP) is 3.47. The highest BCUT2D eigenvalue weighted by Gasteiger charge is 2.31. The molecule has 2 rings (SSSR count). The molecule has 4 nitrogen and oxygen atoms in total. The maximum Gasteiger partial charge on any atom is 0.416 e. The highest BCUT2D eigenvalue weighted by Crippen LogP contribution is 2.30. The lowest BCUT2D eigenvalue weighted by molar-refractivity contribution is -0.137. The van der Waals surface area contributed by atoms with Crippen LogP contribution in [0.25, 0.3) is 0 Å². The SMILES string of the molecule is COc1cc(CN)cc(OC)c1.NCc1cc(F)cc(C(F)(F)F)c1. The van der Waals surface area contributed by atoms with Gasteiger partial charge in [-0.3, -0.25) is 0 Å². The van der Waals surface area contributed by atoms with Gasteiger partial charge in [0.2, 0.25) is 0 Å². The van der Waals surface area contributed by atoms with Gasteiger partial charge in [-0.15, -0.1) is 0 Å². The van der Waals surface area contributed by atoms with Gasteiger partial charge in [-0.05, 0) is 41.5 Å². The molecule has 0 saturated carbocycles. The Bertz CT molecular complexity index is 636. The van der Waals surface area contributed by atoms with Crippen LogP contribution in [0.2, 0.25) is 0 Å². The number of halogens is 4. The van der Waals surface area contributed by atoms with E-state index in [4.69, 9.17) is 20.9 Å². The van der Waals surface area contributed by atoms with E-state index in [0.29, 0.717) is 12.6 Å². The average molecular weight is 360 g/mol. The first-order chi connectivity index (χ1) is 11.7. The molecule has 8 heteroatoms. The van der Waals surface area contributed by atoms with Crippen LogP contribution in [0.15, 0.2) is 36.4 Å². The second-order valence-electron chi connectivity index (χ2n) is 4.98. The number of benzene rings is 2. The van der Waals surface area contributed by atoms with E-state index in [1.807, 2.05) is 18.2 Å². The van der Waals surface area contributed by atoms with Crippen molar-refractivity contribution in [3.8, 4) is 11.5 Å². The van der Waals surface area contributed by atoms with Gasteiger partial charge in [0.05, 0.1) is 19.8 Å². The standard InChI is InChI=1S/C9H13NO2.C8H7F4N/c1-11-8-3-7(6-10)4-9(5-8)12-2;9-7-2-5(4-13)1-6(3-7)8(10,11)12/h3-5H,6,10H2,1-2H3;1-3H,4,13H2. The van der Waals surface area contributed by atoms with E-state index in [1.54, 1.807) is 14.2 Å². The second-order valence-corrected chi connectivity index (χ2v) is 4.98. The molecule has 138 valence electrons. The van der Waals surface area contributed by atoms with Crippen LogP contribution in [0.1, 0.15) is 16.7 Å². The maximum absolute atomic E-state index is 12.6. The molecule has 0 amide bonds. The van der Waals surface area contributed by atoms with Crippen LogP contribution in [0.4, 0.5) is 17.6 Å². The van der Waals surface area contributed by atoms with Gasteiger partial charge in [-0.1, -0.05) is 0 Å². The van der Waals surface area contributed by atoms with Crippen molar-refractivity contribution >= 4 is 0 Å². The third-order valence-corrected chi connectivity index (χ3v) is 3.17. The largest absolute Gasteiger partial charge is 0.497 e. The van der Waals surface area contributed by atoms with E-state index >= 15 is 0 Å². The molecular weight excluding hydrogens is 340 g/mol. The Morgan fingerprint density at radius 3 is 1.68 bits per heavy atom. The van der Waals surface area contributed by atoms with Gasteiger partial charge >= 0.3 is 6.18 Å². The molecule has 0 unspecified atom stereocenters. The van der Waals surface area contributed by atoms with Crippen molar-refractivity contribution in [3.63, 3.8) is 0 Å². The lowest BCUT2D eigenvalue weighted by Crippen LogP contribution is -2.07. The van der Waals surface area contributed by atoms with Crippen molar-refractivity contribution in [2.75, 3.05) is 14.2 Å².